The molecule has 0 aromatic heterocycles. The fourth-order valence-corrected chi connectivity index (χ4v) is 5.14. The van der Waals surface area contributed by atoms with E-state index in [4.69, 9.17) is 0 Å². The highest BCUT2D eigenvalue weighted by atomic mass is 79.9. The average Bonchev–Trinajstić information content (AvgIpc) is 2.43. The topological polar surface area (TPSA) is 46.2 Å². The van der Waals surface area contributed by atoms with E-state index in [1.807, 2.05) is 25.3 Å². The van der Waals surface area contributed by atoms with Crippen molar-refractivity contribution >= 4 is 59.3 Å². The van der Waals surface area contributed by atoms with Crippen LogP contribution in [-0.2, 0) is 10.0 Å². The van der Waals surface area contributed by atoms with Gasteiger partial charge in [-0.1, -0.05) is 28.1 Å². The van der Waals surface area contributed by atoms with Gasteiger partial charge in [-0.05, 0) is 58.9 Å². The Bertz CT molecular complexity index is 777. The van der Waals surface area contributed by atoms with Gasteiger partial charge in [-0.15, -0.1) is 11.8 Å². The van der Waals surface area contributed by atoms with Gasteiger partial charge in [-0.25, -0.2) is 8.42 Å². The number of hydrogen-bond donors (Lipinski definition) is 1. The van der Waals surface area contributed by atoms with Crippen molar-refractivity contribution in [3.8, 4) is 0 Å². The van der Waals surface area contributed by atoms with E-state index in [-0.39, 0.29) is 4.90 Å². The minimum atomic E-state index is -3.66. The molecule has 0 atom stereocenters. The van der Waals surface area contributed by atoms with Crippen molar-refractivity contribution in [3.63, 3.8) is 0 Å². The van der Waals surface area contributed by atoms with Gasteiger partial charge in [0.2, 0.25) is 0 Å². The van der Waals surface area contributed by atoms with Crippen LogP contribution in [0.5, 0.6) is 0 Å². The Labute approximate surface area is 145 Å². The number of anilines is 1. The Kier molecular flexibility index (Phi) is 5.40. The smallest absolute Gasteiger partial charge is 0.263 e. The SMILES string of the molecule is CSc1ccccc1NS(=O)(=O)c1cc(Br)c(C)cc1Br. The zero-order valence-electron chi connectivity index (χ0n) is 11.4. The van der Waals surface area contributed by atoms with Crippen LogP contribution in [0.15, 0.2) is 55.1 Å². The zero-order chi connectivity index (χ0) is 15.6. The minimum absolute atomic E-state index is 0.205. The van der Waals surface area contributed by atoms with Crippen LogP contribution in [0, 0.1) is 6.92 Å². The van der Waals surface area contributed by atoms with Gasteiger partial charge >= 0.3 is 0 Å². The number of hydrogen-bond acceptors (Lipinski definition) is 3. The van der Waals surface area contributed by atoms with Gasteiger partial charge in [0, 0.05) is 13.8 Å². The first-order valence-electron chi connectivity index (χ1n) is 5.96. The third kappa shape index (κ3) is 3.83. The number of thioether (sulfide) groups is 1. The maximum atomic E-state index is 12.6. The first-order chi connectivity index (χ1) is 9.85. The molecule has 0 aliphatic carbocycles. The highest BCUT2D eigenvalue weighted by Crippen LogP contribution is 2.32. The normalized spacial score (nSPS) is 11.4. The van der Waals surface area contributed by atoms with Crippen molar-refractivity contribution in [3.05, 3.63) is 50.9 Å². The predicted octanol–water partition coefficient (Wildman–Crippen LogP) is 5.04. The first-order valence-corrected chi connectivity index (χ1v) is 10.3. The maximum Gasteiger partial charge on any atom is 0.263 e. The van der Waals surface area contributed by atoms with E-state index < -0.39 is 10.0 Å². The molecule has 7 heteroatoms. The summed E-state index contributed by atoms with van der Waals surface area (Å²) < 4.78 is 29.1. The molecule has 21 heavy (non-hydrogen) atoms. The van der Waals surface area contributed by atoms with Crippen LogP contribution >= 0.6 is 43.6 Å². The van der Waals surface area contributed by atoms with Gasteiger partial charge in [-0.2, -0.15) is 0 Å². The van der Waals surface area contributed by atoms with Crippen molar-refractivity contribution in [1.29, 1.82) is 0 Å². The third-order valence-electron chi connectivity index (χ3n) is 2.85. The molecule has 112 valence electrons. The molecule has 0 saturated heterocycles. The Morgan fingerprint density at radius 3 is 2.43 bits per heavy atom. The zero-order valence-corrected chi connectivity index (χ0v) is 16.2. The van der Waals surface area contributed by atoms with Crippen molar-refractivity contribution in [2.45, 2.75) is 16.7 Å². The summed E-state index contributed by atoms with van der Waals surface area (Å²) in [6.45, 7) is 1.90. The highest BCUT2D eigenvalue weighted by Gasteiger charge is 2.20. The van der Waals surface area contributed by atoms with Crippen LogP contribution in [0.4, 0.5) is 5.69 Å². The van der Waals surface area contributed by atoms with Crippen LogP contribution < -0.4 is 4.72 Å². The number of para-hydroxylation sites is 1. The largest absolute Gasteiger partial charge is 0.278 e. The molecule has 0 aliphatic rings. The Hall–Kier alpha value is -0.500. The number of benzene rings is 2. The molecule has 2 aromatic carbocycles. The van der Waals surface area contributed by atoms with Gasteiger partial charge in [0.05, 0.1) is 5.69 Å². The predicted molar refractivity (Wildman–Crippen MR) is 95.6 cm³/mol. The molecule has 0 aliphatic heterocycles. The second-order valence-corrected chi connectivity index (χ2v) is 8.55. The van der Waals surface area contributed by atoms with E-state index in [9.17, 15) is 8.42 Å². The Balaban J connectivity index is 2.46. The molecule has 3 nitrogen and oxygen atoms in total. The molecule has 0 saturated carbocycles. The van der Waals surface area contributed by atoms with Crippen LogP contribution in [-0.4, -0.2) is 14.7 Å². The second kappa shape index (κ2) is 6.73. The fraction of sp³-hybridized carbons (Fsp3) is 0.143. The summed E-state index contributed by atoms with van der Waals surface area (Å²) in [5.74, 6) is 0. The molecular formula is C14H13Br2NO2S2. The van der Waals surface area contributed by atoms with Gasteiger partial charge < -0.3 is 0 Å². The molecule has 0 unspecified atom stereocenters. The van der Waals surface area contributed by atoms with E-state index in [1.54, 1.807) is 24.3 Å². The number of aryl methyl sites for hydroxylation is 1. The van der Waals surface area contributed by atoms with E-state index in [1.165, 1.54) is 11.8 Å². The van der Waals surface area contributed by atoms with E-state index >= 15 is 0 Å². The van der Waals surface area contributed by atoms with E-state index in [0.717, 1.165) is 14.9 Å². The summed E-state index contributed by atoms with van der Waals surface area (Å²) in [5, 5.41) is 0. The Morgan fingerprint density at radius 1 is 1.10 bits per heavy atom. The lowest BCUT2D eigenvalue weighted by Crippen LogP contribution is -2.14. The summed E-state index contributed by atoms with van der Waals surface area (Å²) in [6, 6.07) is 10.7. The molecule has 0 bridgehead atoms. The van der Waals surface area contributed by atoms with Crippen LogP contribution in [0.1, 0.15) is 5.56 Å². The van der Waals surface area contributed by atoms with Gasteiger partial charge in [0.1, 0.15) is 4.90 Å². The molecule has 0 heterocycles. The quantitative estimate of drug-likeness (QED) is 0.663. The summed E-state index contributed by atoms with van der Waals surface area (Å²) in [4.78, 5) is 1.08. The molecule has 1 N–H and O–H groups in total. The fourth-order valence-electron chi connectivity index (χ4n) is 1.76. The van der Waals surface area contributed by atoms with E-state index in [2.05, 4.69) is 36.6 Å². The van der Waals surface area contributed by atoms with Gasteiger partial charge in [0.15, 0.2) is 0 Å². The van der Waals surface area contributed by atoms with Crippen molar-refractivity contribution < 1.29 is 8.42 Å². The van der Waals surface area contributed by atoms with Crippen LogP contribution in [0.25, 0.3) is 0 Å². The number of sulfonamides is 1. The Morgan fingerprint density at radius 2 is 1.76 bits per heavy atom. The molecule has 0 amide bonds. The van der Waals surface area contributed by atoms with Crippen molar-refractivity contribution in [1.82, 2.24) is 0 Å². The van der Waals surface area contributed by atoms with Crippen molar-refractivity contribution in [2.24, 2.45) is 0 Å². The number of halogens is 2. The van der Waals surface area contributed by atoms with Crippen LogP contribution in [0.3, 0.4) is 0 Å². The number of nitrogens with one attached hydrogen (secondary N) is 1. The molecule has 0 radical (unpaired) electrons. The summed E-state index contributed by atoms with van der Waals surface area (Å²) in [7, 11) is -3.66. The lowest BCUT2D eigenvalue weighted by Gasteiger charge is -2.13. The van der Waals surface area contributed by atoms with Gasteiger partial charge in [-0.3, -0.25) is 4.72 Å². The molecule has 0 fully saturated rings. The summed E-state index contributed by atoms with van der Waals surface area (Å²) in [5.41, 5.74) is 1.54. The maximum absolute atomic E-state index is 12.6. The molecule has 2 aromatic rings. The standard InChI is InChI=1S/C14H13Br2NO2S2/c1-9-7-11(16)14(8-10(9)15)21(18,19)17-12-5-3-4-6-13(12)20-2/h3-8,17H,1-2H3. The van der Waals surface area contributed by atoms with Crippen molar-refractivity contribution in [2.75, 3.05) is 11.0 Å². The minimum Gasteiger partial charge on any atom is -0.278 e. The second-order valence-electron chi connectivity index (χ2n) is 4.34. The van der Waals surface area contributed by atoms with E-state index in [0.29, 0.717) is 10.2 Å². The van der Waals surface area contributed by atoms with Gasteiger partial charge in [0.25, 0.3) is 10.0 Å². The van der Waals surface area contributed by atoms with Crippen LogP contribution in [0.2, 0.25) is 0 Å². The third-order valence-corrected chi connectivity index (χ3v) is 6.83. The highest BCUT2D eigenvalue weighted by molar-refractivity contribution is 9.11. The molecular weight excluding hydrogens is 438 g/mol. The summed E-state index contributed by atoms with van der Waals surface area (Å²) >= 11 is 8.18. The first kappa shape index (κ1) is 16.9. The monoisotopic (exact) mass is 449 g/mol. The lowest BCUT2D eigenvalue weighted by atomic mass is 10.2. The molecule has 2 rings (SSSR count). The average molecular weight is 451 g/mol. The summed E-state index contributed by atoms with van der Waals surface area (Å²) in [6.07, 6.45) is 1.91. The molecule has 0 spiro atoms. The lowest BCUT2D eigenvalue weighted by molar-refractivity contribution is 0.600. The number of rotatable bonds is 4.